The number of aryl methyl sites for hydroxylation is 4. The van der Waals surface area contributed by atoms with E-state index < -0.39 is 69.4 Å². The van der Waals surface area contributed by atoms with Crippen molar-refractivity contribution in [1.82, 2.24) is 29.7 Å². The molecule has 0 atom stereocenters. The molecule has 2 amide bonds. The zero-order valence-corrected chi connectivity index (χ0v) is 51.4. The number of aromatic carboxylic acids is 1. The molecule has 0 unspecified atom stereocenters. The van der Waals surface area contributed by atoms with Crippen LogP contribution in [0.25, 0.3) is 0 Å². The largest absolute Gasteiger partial charge is 0.496 e. The molecule has 0 aromatic carbocycles. The second kappa shape index (κ2) is 32.6. The lowest BCUT2D eigenvalue weighted by molar-refractivity contribution is 0.00578. The van der Waals surface area contributed by atoms with Gasteiger partial charge in [0, 0.05) is 205 Å². The van der Waals surface area contributed by atoms with E-state index in [1.807, 2.05) is 77.3 Å². The number of hydrogen-bond acceptors (Lipinski definition) is 10. The van der Waals surface area contributed by atoms with Crippen LogP contribution in [0.2, 0.25) is 0 Å². The summed E-state index contributed by atoms with van der Waals surface area (Å²) in [7, 11) is 57.9. The van der Waals surface area contributed by atoms with Gasteiger partial charge < -0.3 is 24.2 Å². The molecule has 79 heavy (non-hydrogen) atoms. The Balaban J connectivity index is 0.000000267. The molecular formula is C42H49B20Br3ClN6O7. The molecule has 4 aromatic rings. The second-order valence-electron chi connectivity index (χ2n) is 20.4. The smallest absolute Gasteiger partial charge is 0.477 e. The van der Waals surface area contributed by atoms with Crippen molar-refractivity contribution in [2.24, 2.45) is 0 Å². The summed E-state index contributed by atoms with van der Waals surface area (Å²) in [5.41, 5.74) is 5.39. The van der Waals surface area contributed by atoms with Gasteiger partial charge in [-0.05, 0) is 187 Å². The van der Waals surface area contributed by atoms with Crippen LogP contribution in [-0.4, -0.2) is 238 Å². The highest BCUT2D eigenvalue weighted by Gasteiger charge is 2.52. The summed E-state index contributed by atoms with van der Waals surface area (Å²) in [5, 5.41) is 8.00. The molecule has 13 nitrogen and oxygen atoms in total. The predicted molar refractivity (Wildman–Crippen MR) is 351 cm³/mol. The van der Waals surface area contributed by atoms with Crippen LogP contribution in [0, 0.1) is 27.7 Å². The number of pyridine rings is 4. The maximum absolute atomic E-state index is 12.4. The lowest BCUT2D eigenvalue weighted by Gasteiger charge is -2.41. The zero-order valence-electron chi connectivity index (χ0n) is 45.9. The number of carboxylic acids is 1. The second-order valence-corrected chi connectivity index (χ2v) is 23.3. The molecule has 21 radical (unpaired) electrons. The number of carboxylic acid groups (broad SMARTS) is 1. The monoisotopic (exact) mass is 1240 g/mol. The highest BCUT2D eigenvalue weighted by molar-refractivity contribution is 9.11. The molecule has 0 spiro atoms. The number of halogens is 4. The summed E-state index contributed by atoms with van der Waals surface area (Å²) in [5.74, 6) is -0.922. The molecule has 377 valence electrons. The van der Waals surface area contributed by atoms with Crippen molar-refractivity contribution in [3.8, 4) is 0 Å². The number of amides is 2. The Morgan fingerprint density at radius 3 is 1.20 bits per heavy atom. The molecule has 0 saturated carbocycles. The van der Waals surface area contributed by atoms with Gasteiger partial charge in [-0.1, -0.05) is 0 Å². The maximum Gasteiger partial charge on any atom is 0.496 e. The van der Waals surface area contributed by atoms with Crippen molar-refractivity contribution in [3.05, 3.63) is 108 Å². The predicted octanol–water partition coefficient (Wildman–Crippen LogP) is 1.46. The van der Waals surface area contributed by atoms with Crippen LogP contribution in [0.15, 0.2) is 62.5 Å². The molecular weight excluding hydrogens is 1190 g/mol. The molecule has 3 aliphatic heterocycles. The van der Waals surface area contributed by atoms with Gasteiger partial charge in [0.1, 0.15) is 22.8 Å². The number of likely N-dealkylation sites (tertiary alicyclic amines) is 2. The highest BCUT2D eigenvalue weighted by atomic mass is 79.9. The molecule has 0 bridgehead atoms. The first-order valence-corrected chi connectivity index (χ1v) is 28.1. The van der Waals surface area contributed by atoms with Crippen LogP contribution in [0.4, 0.5) is 0 Å². The molecule has 3 aliphatic rings. The SMILES string of the molecule is Cc1cc(C(=O)Cl)ncc1Br.Cc1cc(C(=O)N2CCCC2)ncc1B1OC(C)(C)C(C)(C)O1.Cc1cc(C(=O)N2CCCC2)ncc1Br.Cc1cc(C(=O)O)ncc1Br.[B][B]B([B])B(B(B([B])[B])B([B])[B])B(B([B])[B])B([B])[B]. The highest BCUT2D eigenvalue weighted by Crippen LogP contribution is 2.36. The van der Waals surface area contributed by atoms with E-state index in [9.17, 15) is 19.2 Å². The van der Waals surface area contributed by atoms with E-state index in [1.165, 1.54) is 19.3 Å². The first-order chi connectivity index (χ1) is 36.8. The topological polar surface area (TPSA) is 165 Å². The lowest BCUT2D eigenvalue weighted by atomic mass is 8.40. The summed E-state index contributed by atoms with van der Waals surface area (Å²) >= 11 is 15.1. The van der Waals surface area contributed by atoms with Crippen molar-refractivity contribution in [3.63, 3.8) is 0 Å². The summed E-state index contributed by atoms with van der Waals surface area (Å²) in [6.45, 7) is 19.1. The fraction of sp³-hybridized carbons (Fsp3) is 0.429. The molecule has 3 fully saturated rings. The number of hydrogen-bond donors (Lipinski definition) is 1. The van der Waals surface area contributed by atoms with Gasteiger partial charge in [-0.3, -0.25) is 24.4 Å². The van der Waals surface area contributed by atoms with Crippen LogP contribution in [0.5, 0.6) is 0 Å². The van der Waals surface area contributed by atoms with Gasteiger partial charge in [0.15, 0.2) is 0 Å². The van der Waals surface area contributed by atoms with Crippen molar-refractivity contribution in [2.45, 2.75) is 92.3 Å². The van der Waals surface area contributed by atoms with Gasteiger partial charge in [0.25, 0.3) is 17.1 Å². The summed E-state index contributed by atoms with van der Waals surface area (Å²) in [6, 6.07) is 6.84. The average molecular weight is 1240 g/mol. The first kappa shape index (κ1) is 70.9. The Morgan fingerprint density at radius 2 is 0.886 bits per heavy atom. The van der Waals surface area contributed by atoms with Crippen LogP contribution < -0.4 is 5.46 Å². The van der Waals surface area contributed by atoms with E-state index >= 15 is 0 Å². The van der Waals surface area contributed by atoms with Crippen LogP contribution >= 0.6 is 59.4 Å². The minimum absolute atomic E-state index is 0.0195. The third kappa shape index (κ3) is 20.7. The Labute approximate surface area is 515 Å². The van der Waals surface area contributed by atoms with Crippen LogP contribution in [0.1, 0.15) is 118 Å². The Kier molecular flexibility index (Phi) is 29.3. The lowest BCUT2D eigenvalue weighted by Crippen LogP contribution is -2.79. The van der Waals surface area contributed by atoms with Crippen molar-refractivity contribution in [2.75, 3.05) is 26.2 Å². The Bertz CT molecular complexity index is 2600. The van der Waals surface area contributed by atoms with E-state index in [-0.39, 0.29) is 34.4 Å². The number of aromatic nitrogens is 4. The van der Waals surface area contributed by atoms with E-state index in [0.29, 0.717) is 11.4 Å². The van der Waals surface area contributed by atoms with E-state index in [0.717, 1.165) is 93.0 Å². The average Bonchev–Trinajstić information content (AvgIpc) is 4.17. The zero-order chi connectivity index (χ0) is 59.9. The van der Waals surface area contributed by atoms with E-state index in [4.69, 9.17) is 103 Å². The third-order valence-electron chi connectivity index (χ3n) is 13.8. The fourth-order valence-corrected chi connectivity index (χ4v) is 9.22. The third-order valence-corrected chi connectivity index (χ3v) is 16.5. The van der Waals surface area contributed by atoms with Gasteiger partial charge in [0.05, 0.1) is 11.2 Å². The van der Waals surface area contributed by atoms with E-state index in [2.05, 4.69) is 67.7 Å². The fourth-order valence-electron chi connectivity index (χ4n) is 8.46. The molecule has 37 heteroatoms. The molecule has 0 aliphatic carbocycles. The first-order valence-electron chi connectivity index (χ1n) is 25.3. The quantitative estimate of drug-likeness (QED) is 0.152. The molecule has 3 saturated heterocycles. The van der Waals surface area contributed by atoms with Crippen molar-refractivity contribution >= 4 is 231 Å². The molecule has 7 rings (SSSR count). The van der Waals surface area contributed by atoms with E-state index in [1.54, 1.807) is 24.7 Å². The normalized spacial score (nSPS) is 14.5. The Morgan fingerprint density at radius 1 is 0.570 bits per heavy atom. The van der Waals surface area contributed by atoms with Gasteiger partial charge in [-0.25, -0.2) is 14.8 Å². The summed E-state index contributed by atoms with van der Waals surface area (Å²) in [6.07, 6.45) is 5.12. The maximum atomic E-state index is 12.4. The van der Waals surface area contributed by atoms with Gasteiger partial charge in [0.2, 0.25) is 0 Å². The number of nitrogens with zero attached hydrogens (tertiary/aromatic N) is 6. The molecule has 7 heterocycles. The summed E-state index contributed by atoms with van der Waals surface area (Å²) < 4.78 is 14.8. The van der Waals surface area contributed by atoms with Gasteiger partial charge in [-0.2, -0.15) is 0 Å². The van der Waals surface area contributed by atoms with Crippen molar-refractivity contribution in [1.29, 1.82) is 0 Å². The minimum atomic E-state index is -0.999. The summed E-state index contributed by atoms with van der Waals surface area (Å²) in [4.78, 5) is 65.1. The van der Waals surface area contributed by atoms with Crippen molar-refractivity contribution < 1.29 is 33.6 Å². The number of carbonyl (C=O) groups is 4. The van der Waals surface area contributed by atoms with Gasteiger partial charge in [-0.15, -0.1) is 0 Å². The standard InChI is InChI=1S/C17H25BN2O3.C11H13BrN2O.C7H5BrClNO.C7H6BrNO2.B19/c1-12-10-14(15(21)20-8-6-7-9-20)19-11-13(12)18-22-16(2,3)17(4,5)23-18;1-8-6-10(13-7-9(8)12)11(15)14-4-2-3-5-14;1-4-2-6(7(9)11)10-3-5(4)8;1-4-2-6(7(10)11)9-3-5(4)8;1-11-16(10)19(17(12(2)3)13(4)5)18(14(6)7)15(8)9/h10-11H,6-9H2,1-5H3;6-7H,2-5H2,1H3;2-3H,1H3;2-3H,1H3,(H,10,11);. The van der Waals surface area contributed by atoms with Gasteiger partial charge >= 0.3 is 13.1 Å². The van der Waals surface area contributed by atoms with Crippen LogP contribution in [-0.2, 0) is 9.31 Å². The molecule has 1 N–H and O–H groups in total. The molecule has 4 aromatic heterocycles. The number of rotatable bonds is 13. The van der Waals surface area contributed by atoms with Crippen LogP contribution in [0.3, 0.4) is 0 Å². The Hall–Kier alpha value is -2.37. The minimum Gasteiger partial charge on any atom is -0.477 e. The number of carbonyl (C=O) groups excluding carboxylic acids is 3.